The maximum atomic E-state index is 12.3. The minimum atomic E-state index is -0.371. The summed E-state index contributed by atoms with van der Waals surface area (Å²) in [5, 5.41) is 2.89. The lowest BCUT2D eigenvalue weighted by Crippen LogP contribution is -2.39. The van der Waals surface area contributed by atoms with Gasteiger partial charge in [0, 0.05) is 12.7 Å². The second-order valence-electron chi connectivity index (χ2n) is 5.27. The molecule has 0 saturated carbocycles. The fourth-order valence-electron chi connectivity index (χ4n) is 2.68. The number of hydrogen-bond donors (Lipinski definition) is 2. The first-order valence-electron chi connectivity index (χ1n) is 7.92. The van der Waals surface area contributed by atoms with Crippen molar-refractivity contribution in [2.75, 3.05) is 19.6 Å². The molecule has 1 heterocycles. The van der Waals surface area contributed by atoms with E-state index >= 15 is 0 Å². The standard InChI is InChI=1S/C18H23N3O2/c1-3-21(4-2)16(14-9-6-5-7-10-14)13-20-18(23)15-11-8-12-19-17(15)22/h5-12,16H,3-4,13H2,1-2H3,(H,19,22)(H,20,23)/t16-/m0/s1. The van der Waals surface area contributed by atoms with Gasteiger partial charge in [-0.25, -0.2) is 0 Å². The third-order valence-corrected chi connectivity index (χ3v) is 3.96. The Labute approximate surface area is 136 Å². The molecule has 1 aromatic carbocycles. The third kappa shape index (κ3) is 4.29. The zero-order valence-corrected chi connectivity index (χ0v) is 13.6. The Kier molecular flexibility index (Phi) is 6.11. The van der Waals surface area contributed by atoms with Crippen LogP contribution >= 0.6 is 0 Å². The van der Waals surface area contributed by atoms with E-state index in [0.717, 1.165) is 18.7 Å². The van der Waals surface area contributed by atoms with Gasteiger partial charge in [0.15, 0.2) is 0 Å². The number of aromatic amines is 1. The number of likely N-dealkylation sites (N-methyl/N-ethyl adjacent to an activating group) is 1. The van der Waals surface area contributed by atoms with Crippen molar-refractivity contribution < 1.29 is 4.79 Å². The van der Waals surface area contributed by atoms with E-state index in [0.29, 0.717) is 6.54 Å². The fourth-order valence-corrected chi connectivity index (χ4v) is 2.68. The molecule has 0 unspecified atom stereocenters. The molecule has 5 nitrogen and oxygen atoms in total. The van der Waals surface area contributed by atoms with Crippen LogP contribution in [0.1, 0.15) is 35.8 Å². The molecule has 1 aromatic heterocycles. The zero-order valence-electron chi connectivity index (χ0n) is 13.6. The van der Waals surface area contributed by atoms with Gasteiger partial charge in [0.1, 0.15) is 5.56 Å². The molecule has 2 rings (SSSR count). The number of nitrogens with one attached hydrogen (secondary N) is 2. The van der Waals surface area contributed by atoms with Gasteiger partial charge >= 0.3 is 0 Å². The largest absolute Gasteiger partial charge is 0.350 e. The average Bonchev–Trinajstić information content (AvgIpc) is 2.59. The summed E-state index contributed by atoms with van der Waals surface area (Å²) in [7, 11) is 0. The monoisotopic (exact) mass is 313 g/mol. The van der Waals surface area contributed by atoms with Gasteiger partial charge in [0.25, 0.3) is 11.5 Å². The number of aromatic nitrogens is 1. The number of hydrogen-bond acceptors (Lipinski definition) is 3. The van der Waals surface area contributed by atoms with Crippen LogP contribution in [0.15, 0.2) is 53.5 Å². The molecule has 0 fully saturated rings. The fraction of sp³-hybridized carbons (Fsp3) is 0.333. The van der Waals surface area contributed by atoms with Crippen LogP contribution in [0, 0.1) is 0 Å². The Bertz CT molecular complexity index is 678. The van der Waals surface area contributed by atoms with Crippen LogP contribution in [0.5, 0.6) is 0 Å². The van der Waals surface area contributed by atoms with Crippen molar-refractivity contribution in [2.45, 2.75) is 19.9 Å². The van der Waals surface area contributed by atoms with E-state index < -0.39 is 0 Å². The van der Waals surface area contributed by atoms with Crippen molar-refractivity contribution in [3.05, 3.63) is 70.1 Å². The van der Waals surface area contributed by atoms with Crippen LogP contribution in [0.4, 0.5) is 0 Å². The summed E-state index contributed by atoms with van der Waals surface area (Å²) < 4.78 is 0. The van der Waals surface area contributed by atoms with Gasteiger partial charge in [-0.1, -0.05) is 44.2 Å². The Hall–Kier alpha value is -2.40. The molecule has 0 aliphatic rings. The Balaban J connectivity index is 2.14. The predicted molar refractivity (Wildman–Crippen MR) is 91.5 cm³/mol. The lowest BCUT2D eigenvalue weighted by Gasteiger charge is -2.30. The molecule has 23 heavy (non-hydrogen) atoms. The van der Waals surface area contributed by atoms with E-state index in [1.165, 1.54) is 12.3 Å². The van der Waals surface area contributed by atoms with Gasteiger partial charge < -0.3 is 10.3 Å². The molecule has 5 heteroatoms. The molecule has 2 N–H and O–H groups in total. The molecule has 0 radical (unpaired) electrons. The summed E-state index contributed by atoms with van der Waals surface area (Å²) in [6.07, 6.45) is 1.52. The van der Waals surface area contributed by atoms with Gasteiger partial charge in [0.05, 0.1) is 6.04 Å². The first-order valence-corrected chi connectivity index (χ1v) is 7.92. The lowest BCUT2D eigenvalue weighted by molar-refractivity contribution is 0.0933. The third-order valence-electron chi connectivity index (χ3n) is 3.96. The number of nitrogens with zero attached hydrogens (tertiary/aromatic N) is 1. The number of pyridine rings is 1. The van der Waals surface area contributed by atoms with E-state index in [1.807, 2.05) is 18.2 Å². The van der Waals surface area contributed by atoms with E-state index in [-0.39, 0.29) is 23.1 Å². The topological polar surface area (TPSA) is 65.2 Å². The van der Waals surface area contributed by atoms with Crippen molar-refractivity contribution in [1.82, 2.24) is 15.2 Å². The average molecular weight is 313 g/mol. The Morgan fingerprint density at radius 1 is 1.13 bits per heavy atom. The number of amides is 1. The van der Waals surface area contributed by atoms with Gasteiger partial charge in [0.2, 0.25) is 0 Å². The number of H-pyrrole nitrogens is 1. The van der Waals surface area contributed by atoms with E-state index in [4.69, 9.17) is 0 Å². The van der Waals surface area contributed by atoms with Crippen molar-refractivity contribution in [3.8, 4) is 0 Å². The molecule has 0 aliphatic heterocycles. The van der Waals surface area contributed by atoms with Crippen LogP contribution in [-0.2, 0) is 0 Å². The van der Waals surface area contributed by atoms with Gasteiger partial charge in [-0.3, -0.25) is 14.5 Å². The summed E-state index contributed by atoms with van der Waals surface area (Å²) in [5.74, 6) is -0.347. The van der Waals surface area contributed by atoms with Crippen LogP contribution in [0.25, 0.3) is 0 Å². The second-order valence-corrected chi connectivity index (χ2v) is 5.27. The molecule has 2 aromatic rings. The summed E-state index contributed by atoms with van der Waals surface area (Å²) in [6, 6.07) is 13.3. The van der Waals surface area contributed by atoms with Crippen molar-refractivity contribution >= 4 is 5.91 Å². The number of carbonyl (C=O) groups excluding carboxylic acids is 1. The molecular weight excluding hydrogens is 290 g/mol. The minimum absolute atomic E-state index is 0.0814. The predicted octanol–water partition coefficient (Wildman–Crippen LogP) is 2.19. The molecule has 122 valence electrons. The summed E-state index contributed by atoms with van der Waals surface area (Å²) in [6.45, 7) is 6.43. The zero-order chi connectivity index (χ0) is 16.7. The number of benzene rings is 1. The summed E-state index contributed by atoms with van der Waals surface area (Å²) >= 11 is 0. The Morgan fingerprint density at radius 2 is 1.83 bits per heavy atom. The maximum Gasteiger partial charge on any atom is 0.260 e. The number of carbonyl (C=O) groups is 1. The molecule has 1 atom stereocenters. The Morgan fingerprint density at radius 3 is 2.43 bits per heavy atom. The maximum absolute atomic E-state index is 12.3. The first kappa shape index (κ1) is 17.0. The van der Waals surface area contributed by atoms with Crippen molar-refractivity contribution in [3.63, 3.8) is 0 Å². The normalized spacial score (nSPS) is 12.1. The highest BCUT2D eigenvalue weighted by molar-refractivity contribution is 5.93. The minimum Gasteiger partial charge on any atom is -0.350 e. The van der Waals surface area contributed by atoms with E-state index in [1.54, 1.807) is 6.07 Å². The highest BCUT2D eigenvalue weighted by Gasteiger charge is 2.19. The van der Waals surface area contributed by atoms with Crippen molar-refractivity contribution in [1.29, 1.82) is 0 Å². The first-order chi connectivity index (χ1) is 11.2. The molecule has 1 amide bonds. The van der Waals surface area contributed by atoms with Gasteiger partial charge in [-0.2, -0.15) is 0 Å². The molecule has 0 spiro atoms. The number of rotatable bonds is 7. The second kappa shape index (κ2) is 8.29. The van der Waals surface area contributed by atoms with E-state index in [2.05, 4.69) is 41.2 Å². The quantitative estimate of drug-likeness (QED) is 0.823. The summed E-state index contributed by atoms with van der Waals surface area (Å²) in [5.41, 5.74) is 0.918. The smallest absolute Gasteiger partial charge is 0.260 e. The van der Waals surface area contributed by atoms with Crippen LogP contribution in [0.3, 0.4) is 0 Å². The highest BCUT2D eigenvalue weighted by Crippen LogP contribution is 2.19. The van der Waals surface area contributed by atoms with Crippen molar-refractivity contribution in [2.24, 2.45) is 0 Å². The van der Waals surface area contributed by atoms with E-state index in [9.17, 15) is 9.59 Å². The summed E-state index contributed by atoms with van der Waals surface area (Å²) in [4.78, 5) is 28.7. The van der Waals surface area contributed by atoms with Gasteiger partial charge in [-0.15, -0.1) is 0 Å². The van der Waals surface area contributed by atoms with Crippen LogP contribution in [0.2, 0.25) is 0 Å². The molecule has 0 bridgehead atoms. The SMILES string of the molecule is CCN(CC)[C@@H](CNC(=O)c1ccc[nH]c1=O)c1ccccc1. The van der Waals surface area contributed by atoms with Gasteiger partial charge in [-0.05, 0) is 30.8 Å². The molecule has 0 saturated heterocycles. The molecular formula is C18H23N3O2. The highest BCUT2D eigenvalue weighted by atomic mass is 16.2. The molecule has 0 aliphatic carbocycles. The van der Waals surface area contributed by atoms with Crippen LogP contribution < -0.4 is 10.9 Å². The van der Waals surface area contributed by atoms with Crippen LogP contribution in [-0.4, -0.2) is 35.4 Å². The lowest BCUT2D eigenvalue weighted by atomic mass is 10.0.